The minimum atomic E-state index is -5.24. The number of hydrogen-bond acceptors (Lipinski definition) is 4. The second-order valence-corrected chi connectivity index (χ2v) is 9.47. The molecule has 12 heteroatoms. The quantitative estimate of drug-likeness (QED) is 0.299. The maximum atomic E-state index is 12.6. The molecule has 0 aromatic rings. The number of sulfonamides is 1. The molecule has 0 aromatic heterocycles. The molecule has 1 aliphatic heterocycles. The zero-order chi connectivity index (χ0) is 20.8. The normalized spacial score (nSPS) is 21.1. The number of rotatable bonds is 6. The molecule has 2 aliphatic rings. The largest absolute Gasteiger partial charge is 0.511 e. The predicted molar refractivity (Wildman–Crippen MR) is 119 cm³/mol. The van der Waals surface area contributed by atoms with Crippen molar-refractivity contribution in [2.45, 2.75) is 62.5 Å². The van der Waals surface area contributed by atoms with Crippen LogP contribution in [0.5, 0.6) is 0 Å². The highest BCUT2D eigenvalue weighted by molar-refractivity contribution is 14.0. The van der Waals surface area contributed by atoms with Crippen LogP contribution in [-0.4, -0.2) is 81.4 Å². The molecule has 1 aliphatic carbocycles. The molecule has 0 aromatic carbocycles. The number of nitrogens with zero attached hydrogens (tertiary/aromatic N) is 3. The minimum Gasteiger partial charge on any atom is -0.355 e. The Hall–Kier alpha value is -0.340. The molecule has 2 fully saturated rings. The van der Waals surface area contributed by atoms with Crippen molar-refractivity contribution in [3.8, 4) is 0 Å². The first-order chi connectivity index (χ1) is 13.1. The summed E-state index contributed by atoms with van der Waals surface area (Å²) in [4.78, 5) is 6.52. The molecule has 29 heavy (non-hydrogen) atoms. The second kappa shape index (κ2) is 11.9. The predicted octanol–water partition coefficient (Wildman–Crippen LogP) is 2.35. The van der Waals surface area contributed by atoms with E-state index in [4.69, 9.17) is 0 Å². The lowest BCUT2D eigenvalue weighted by Gasteiger charge is -2.33. The number of guanidine groups is 1. The third kappa shape index (κ3) is 7.69. The van der Waals surface area contributed by atoms with Crippen LogP contribution >= 0.6 is 24.0 Å². The van der Waals surface area contributed by atoms with Gasteiger partial charge in [-0.3, -0.25) is 4.99 Å². The van der Waals surface area contributed by atoms with E-state index in [0.717, 1.165) is 6.54 Å². The maximum Gasteiger partial charge on any atom is 0.511 e. The van der Waals surface area contributed by atoms with E-state index in [1.54, 1.807) is 7.05 Å². The van der Waals surface area contributed by atoms with Gasteiger partial charge in [0.15, 0.2) is 5.96 Å². The number of halogens is 4. The smallest absolute Gasteiger partial charge is 0.355 e. The van der Waals surface area contributed by atoms with Crippen LogP contribution < -0.4 is 10.6 Å². The van der Waals surface area contributed by atoms with Crippen LogP contribution in [0.2, 0.25) is 0 Å². The molecule has 0 radical (unpaired) electrons. The summed E-state index contributed by atoms with van der Waals surface area (Å²) in [6.45, 7) is 1.30. The zero-order valence-electron chi connectivity index (χ0n) is 17.0. The molecule has 0 bridgehead atoms. The van der Waals surface area contributed by atoms with E-state index in [1.165, 1.54) is 32.1 Å². The molecule has 2 rings (SSSR count). The lowest BCUT2D eigenvalue weighted by atomic mass is 9.94. The molecule has 1 saturated heterocycles. The monoisotopic (exact) mass is 555 g/mol. The van der Waals surface area contributed by atoms with Crippen molar-refractivity contribution in [2.24, 2.45) is 4.99 Å². The van der Waals surface area contributed by atoms with Crippen molar-refractivity contribution in [3.05, 3.63) is 0 Å². The highest BCUT2D eigenvalue weighted by Crippen LogP contribution is 2.29. The van der Waals surface area contributed by atoms with E-state index < -0.39 is 15.5 Å². The van der Waals surface area contributed by atoms with Crippen LogP contribution in [0.3, 0.4) is 0 Å². The Bertz CT molecular complexity index is 619. The van der Waals surface area contributed by atoms with Crippen LogP contribution in [0.15, 0.2) is 4.99 Å². The van der Waals surface area contributed by atoms with Gasteiger partial charge >= 0.3 is 15.5 Å². The highest BCUT2D eigenvalue weighted by Gasteiger charge is 2.50. The van der Waals surface area contributed by atoms with Crippen molar-refractivity contribution in [2.75, 3.05) is 40.3 Å². The summed E-state index contributed by atoms with van der Waals surface area (Å²) in [6.07, 6.45) is 6.98. The first-order valence-corrected chi connectivity index (χ1v) is 11.3. The molecular formula is C17H33F3IN5O2S. The molecule has 172 valence electrons. The van der Waals surface area contributed by atoms with Gasteiger partial charge in [-0.05, 0) is 32.7 Å². The zero-order valence-corrected chi connectivity index (χ0v) is 20.2. The Morgan fingerprint density at radius 2 is 1.72 bits per heavy atom. The molecule has 0 unspecified atom stereocenters. The van der Waals surface area contributed by atoms with E-state index >= 15 is 0 Å². The fraction of sp³-hybridized carbons (Fsp3) is 0.941. The van der Waals surface area contributed by atoms with E-state index in [9.17, 15) is 21.6 Å². The first kappa shape index (κ1) is 26.7. The van der Waals surface area contributed by atoms with Crippen LogP contribution in [0.4, 0.5) is 13.2 Å². The van der Waals surface area contributed by atoms with Crippen molar-refractivity contribution in [3.63, 3.8) is 0 Å². The van der Waals surface area contributed by atoms with Gasteiger partial charge in [0.05, 0.1) is 0 Å². The number of nitrogens with one attached hydrogen (secondary N) is 2. The van der Waals surface area contributed by atoms with E-state index in [2.05, 4.69) is 27.6 Å². The lowest BCUT2D eigenvalue weighted by Crippen LogP contribution is -2.52. The number of alkyl halides is 3. The maximum absolute atomic E-state index is 12.6. The first-order valence-electron chi connectivity index (χ1n) is 9.89. The van der Waals surface area contributed by atoms with E-state index in [-0.39, 0.29) is 43.1 Å². The summed E-state index contributed by atoms with van der Waals surface area (Å²) < 4.78 is 61.4. The van der Waals surface area contributed by atoms with Crippen LogP contribution in [-0.2, 0) is 10.0 Å². The van der Waals surface area contributed by atoms with Crippen LogP contribution in [0, 0.1) is 0 Å². The Morgan fingerprint density at radius 3 is 2.24 bits per heavy atom. The number of hydrogen-bond donors (Lipinski definition) is 2. The van der Waals surface area contributed by atoms with Crippen molar-refractivity contribution < 1.29 is 21.6 Å². The van der Waals surface area contributed by atoms with Gasteiger partial charge in [-0.1, -0.05) is 19.3 Å². The second-order valence-electron chi connectivity index (χ2n) is 7.54. The average Bonchev–Trinajstić information content (AvgIpc) is 2.67. The summed E-state index contributed by atoms with van der Waals surface area (Å²) >= 11 is 0. The van der Waals surface area contributed by atoms with Gasteiger partial charge in [-0.2, -0.15) is 17.5 Å². The molecule has 0 amide bonds. The van der Waals surface area contributed by atoms with Gasteiger partial charge in [0.1, 0.15) is 0 Å². The summed E-state index contributed by atoms with van der Waals surface area (Å²) in [5.74, 6) is 0.592. The van der Waals surface area contributed by atoms with E-state index in [0.29, 0.717) is 35.7 Å². The fourth-order valence-corrected chi connectivity index (χ4v) is 4.81. The molecule has 0 atom stereocenters. The van der Waals surface area contributed by atoms with Crippen molar-refractivity contribution in [1.82, 2.24) is 19.8 Å². The number of piperidine rings is 1. The van der Waals surface area contributed by atoms with Crippen LogP contribution in [0.1, 0.15) is 44.9 Å². The third-order valence-corrected chi connectivity index (χ3v) is 7.24. The third-order valence-electron chi connectivity index (χ3n) is 5.61. The summed E-state index contributed by atoms with van der Waals surface area (Å²) in [5.41, 5.74) is -5.24. The molecule has 1 heterocycles. The summed E-state index contributed by atoms with van der Waals surface area (Å²) in [6, 6.07) is 0.521. The molecular weight excluding hydrogens is 522 g/mol. The topological polar surface area (TPSA) is 77.0 Å². The Kier molecular flexibility index (Phi) is 10.9. The number of likely N-dealkylation sites (N-methyl/N-ethyl adjacent to an activating group) is 1. The SMILES string of the molecule is CN=C(NCCN(C)C1CCCCC1)NC1CCN(S(=O)(=O)C(F)(F)F)CC1.I. The van der Waals surface area contributed by atoms with Gasteiger partial charge in [0, 0.05) is 45.3 Å². The highest BCUT2D eigenvalue weighted by atomic mass is 127. The van der Waals surface area contributed by atoms with Crippen molar-refractivity contribution >= 4 is 40.0 Å². The average molecular weight is 555 g/mol. The van der Waals surface area contributed by atoms with Gasteiger partial charge < -0.3 is 15.5 Å². The summed E-state index contributed by atoms with van der Waals surface area (Å²) in [5, 5.41) is 6.43. The lowest BCUT2D eigenvalue weighted by molar-refractivity contribution is -0.0494. The van der Waals surface area contributed by atoms with Crippen LogP contribution in [0.25, 0.3) is 0 Å². The minimum absolute atomic E-state index is 0. The standard InChI is InChI=1S/C17H32F3N5O2S.HI/c1-21-16(22-10-13-24(2)15-6-4-3-5-7-15)23-14-8-11-25(12-9-14)28(26,27)17(18,19)20;/h14-15H,3-13H2,1-2H3,(H2,21,22,23);1H. The summed E-state index contributed by atoms with van der Waals surface area (Å²) in [7, 11) is -1.47. The van der Waals surface area contributed by atoms with E-state index in [1.807, 2.05) is 0 Å². The molecule has 1 saturated carbocycles. The molecule has 0 spiro atoms. The Balaban J connectivity index is 0.00000420. The Labute approximate surface area is 188 Å². The molecule has 2 N–H and O–H groups in total. The van der Waals surface area contributed by atoms with Gasteiger partial charge in [-0.25, -0.2) is 8.42 Å². The van der Waals surface area contributed by atoms with Gasteiger partial charge in [0.25, 0.3) is 0 Å². The number of aliphatic imine (C=N–C) groups is 1. The van der Waals surface area contributed by atoms with Crippen molar-refractivity contribution in [1.29, 1.82) is 0 Å². The fourth-order valence-electron chi connectivity index (χ4n) is 3.83. The van der Waals surface area contributed by atoms with Gasteiger partial charge in [-0.15, -0.1) is 24.0 Å². The van der Waals surface area contributed by atoms with Gasteiger partial charge in [0.2, 0.25) is 0 Å². The molecule has 7 nitrogen and oxygen atoms in total. The Morgan fingerprint density at radius 1 is 1.14 bits per heavy atom.